The van der Waals surface area contributed by atoms with Crippen molar-refractivity contribution in [3.05, 3.63) is 35.5 Å². The number of amides is 1. The monoisotopic (exact) mass is 217 g/mol. The van der Waals surface area contributed by atoms with Gasteiger partial charge in [0.1, 0.15) is 0 Å². The first-order valence-electron chi connectivity index (χ1n) is 5.05. The SMILES string of the molecule is Cc1[c]cc2c(c1)c(C(N)=O)cn2CCO. The lowest BCUT2D eigenvalue weighted by Crippen LogP contribution is -2.10. The number of nitrogens with two attached hydrogens (primary N) is 1. The number of fused-ring (bicyclic) bond motifs is 1. The van der Waals surface area contributed by atoms with Crippen LogP contribution in [0.2, 0.25) is 0 Å². The molecule has 1 aromatic carbocycles. The number of aryl methyl sites for hydroxylation is 1. The van der Waals surface area contributed by atoms with Crippen LogP contribution in [-0.4, -0.2) is 22.2 Å². The maximum atomic E-state index is 11.3. The van der Waals surface area contributed by atoms with Gasteiger partial charge in [-0.15, -0.1) is 0 Å². The molecule has 0 fully saturated rings. The van der Waals surface area contributed by atoms with E-state index in [2.05, 4.69) is 6.07 Å². The number of carbonyl (C=O) groups excluding carboxylic acids is 1. The number of benzene rings is 1. The van der Waals surface area contributed by atoms with Crippen LogP contribution in [0.1, 0.15) is 15.9 Å². The average molecular weight is 217 g/mol. The Morgan fingerprint density at radius 3 is 3.00 bits per heavy atom. The quantitative estimate of drug-likeness (QED) is 0.800. The van der Waals surface area contributed by atoms with Crippen molar-refractivity contribution in [2.75, 3.05) is 6.61 Å². The molecular weight excluding hydrogens is 204 g/mol. The van der Waals surface area contributed by atoms with E-state index in [0.717, 1.165) is 16.5 Å². The lowest BCUT2D eigenvalue weighted by atomic mass is 10.1. The van der Waals surface area contributed by atoms with Crippen LogP contribution in [0.5, 0.6) is 0 Å². The minimum Gasteiger partial charge on any atom is -0.395 e. The zero-order valence-electron chi connectivity index (χ0n) is 9.03. The van der Waals surface area contributed by atoms with E-state index in [1.165, 1.54) is 0 Å². The van der Waals surface area contributed by atoms with Gasteiger partial charge in [0.05, 0.1) is 12.2 Å². The summed E-state index contributed by atoms with van der Waals surface area (Å²) < 4.78 is 1.81. The fourth-order valence-corrected chi connectivity index (χ4v) is 1.83. The maximum Gasteiger partial charge on any atom is 0.250 e. The summed E-state index contributed by atoms with van der Waals surface area (Å²) in [6, 6.07) is 6.76. The van der Waals surface area contributed by atoms with Gasteiger partial charge in [0.25, 0.3) is 5.91 Å². The smallest absolute Gasteiger partial charge is 0.250 e. The number of nitrogens with zero attached hydrogens (tertiary/aromatic N) is 1. The van der Waals surface area contributed by atoms with Gasteiger partial charge in [-0.2, -0.15) is 0 Å². The number of aliphatic hydroxyl groups excluding tert-OH is 1. The van der Waals surface area contributed by atoms with Gasteiger partial charge in [0.2, 0.25) is 0 Å². The van der Waals surface area contributed by atoms with Crippen molar-refractivity contribution >= 4 is 16.8 Å². The van der Waals surface area contributed by atoms with Gasteiger partial charge in [-0.25, -0.2) is 0 Å². The number of hydrogen-bond donors (Lipinski definition) is 2. The Labute approximate surface area is 93.3 Å². The fourth-order valence-electron chi connectivity index (χ4n) is 1.83. The Bertz CT molecular complexity index is 543. The first kappa shape index (κ1) is 10.7. The molecule has 0 aliphatic heterocycles. The number of aliphatic hydroxyl groups is 1. The van der Waals surface area contributed by atoms with E-state index < -0.39 is 5.91 Å². The van der Waals surface area contributed by atoms with Gasteiger partial charge in [-0.3, -0.25) is 4.79 Å². The molecular formula is C12H13N2O2. The van der Waals surface area contributed by atoms with Crippen LogP contribution in [0.4, 0.5) is 0 Å². The van der Waals surface area contributed by atoms with Crippen LogP contribution in [0.25, 0.3) is 10.9 Å². The van der Waals surface area contributed by atoms with E-state index in [1.807, 2.05) is 23.6 Å². The van der Waals surface area contributed by atoms with Crippen LogP contribution in [0.3, 0.4) is 0 Å². The summed E-state index contributed by atoms with van der Waals surface area (Å²) in [5.41, 5.74) is 7.63. The summed E-state index contributed by atoms with van der Waals surface area (Å²) in [4.78, 5) is 11.3. The molecule has 0 aliphatic carbocycles. The number of carbonyl (C=O) groups is 1. The molecule has 0 unspecified atom stereocenters. The third-order valence-electron chi connectivity index (χ3n) is 2.56. The number of primary amides is 1. The van der Waals surface area contributed by atoms with Crippen molar-refractivity contribution in [3.8, 4) is 0 Å². The van der Waals surface area contributed by atoms with Crippen LogP contribution in [0, 0.1) is 13.0 Å². The zero-order chi connectivity index (χ0) is 11.7. The second-order valence-corrected chi connectivity index (χ2v) is 3.74. The highest BCUT2D eigenvalue weighted by Gasteiger charge is 2.12. The van der Waals surface area contributed by atoms with E-state index in [1.54, 1.807) is 6.20 Å². The van der Waals surface area contributed by atoms with Gasteiger partial charge < -0.3 is 15.4 Å². The third-order valence-corrected chi connectivity index (χ3v) is 2.56. The molecule has 0 saturated carbocycles. The first-order valence-corrected chi connectivity index (χ1v) is 5.05. The first-order chi connectivity index (χ1) is 7.63. The molecule has 1 aromatic heterocycles. The molecule has 83 valence electrons. The molecule has 4 heteroatoms. The second kappa shape index (κ2) is 3.98. The molecule has 0 spiro atoms. The predicted molar refractivity (Wildman–Crippen MR) is 61.1 cm³/mol. The summed E-state index contributed by atoms with van der Waals surface area (Å²) in [6.07, 6.45) is 1.68. The van der Waals surface area contributed by atoms with E-state index in [4.69, 9.17) is 10.8 Å². The summed E-state index contributed by atoms with van der Waals surface area (Å²) in [5.74, 6) is -0.452. The number of rotatable bonds is 3. The fraction of sp³-hybridized carbons (Fsp3) is 0.250. The Balaban J connectivity index is 2.71. The Hall–Kier alpha value is -1.81. The lowest BCUT2D eigenvalue weighted by molar-refractivity contribution is 0.100. The van der Waals surface area contributed by atoms with Crippen molar-refractivity contribution in [3.63, 3.8) is 0 Å². The van der Waals surface area contributed by atoms with Gasteiger partial charge in [-0.1, -0.05) is 0 Å². The molecule has 0 bridgehead atoms. The summed E-state index contributed by atoms with van der Waals surface area (Å²) >= 11 is 0. The Morgan fingerprint density at radius 1 is 1.62 bits per heavy atom. The lowest BCUT2D eigenvalue weighted by Gasteiger charge is -2.01. The zero-order valence-corrected chi connectivity index (χ0v) is 9.03. The minimum absolute atomic E-state index is 0.0237. The van der Waals surface area contributed by atoms with Crippen LogP contribution < -0.4 is 5.73 Å². The van der Waals surface area contributed by atoms with Gasteiger partial charge >= 0.3 is 0 Å². The summed E-state index contributed by atoms with van der Waals surface area (Å²) in [7, 11) is 0. The molecule has 3 N–H and O–H groups in total. The van der Waals surface area contributed by atoms with Gasteiger partial charge in [0, 0.05) is 23.6 Å². The van der Waals surface area contributed by atoms with E-state index in [-0.39, 0.29) is 6.61 Å². The largest absolute Gasteiger partial charge is 0.395 e. The molecule has 2 rings (SSSR count). The van der Waals surface area contributed by atoms with Crippen LogP contribution in [-0.2, 0) is 6.54 Å². The topological polar surface area (TPSA) is 68.2 Å². The van der Waals surface area contributed by atoms with E-state index in [9.17, 15) is 4.79 Å². The Morgan fingerprint density at radius 2 is 2.38 bits per heavy atom. The van der Waals surface area contributed by atoms with Crippen LogP contribution >= 0.6 is 0 Å². The summed E-state index contributed by atoms with van der Waals surface area (Å²) in [6.45, 7) is 2.38. The standard InChI is InChI=1S/C12H13N2O2/c1-8-2-3-11-9(6-8)10(12(13)16)7-14(11)4-5-15/h3,6-7,15H,4-5H2,1H3,(H2,13,16). The number of aromatic nitrogens is 1. The molecule has 4 nitrogen and oxygen atoms in total. The molecule has 2 aromatic rings. The van der Waals surface area contributed by atoms with Crippen molar-refractivity contribution in [2.24, 2.45) is 5.73 Å². The molecule has 16 heavy (non-hydrogen) atoms. The van der Waals surface area contributed by atoms with Crippen molar-refractivity contribution < 1.29 is 9.90 Å². The van der Waals surface area contributed by atoms with Crippen molar-refractivity contribution in [1.82, 2.24) is 4.57 Å². The Kier molecular flexibility index (Phi) is 2.66. The van der Waals surface area contributed by atoms with Crippen molar-refractivity contribution in [1.29, 1.82) is 0 Å². The highest BCUT2D eigenvalue weighted by molar-refractivity contribution is 6.06. The molecule has 0 atom stereocenters. The van der Waals surface area contributed by atoms with Gasteiger partial charge in [-0.05, 0) is 30.7 Å². The molecule has 1 heterocycles. The van der Waals surface area contributed by atoms with Crippen LogP contribution in [0.15, 0.2) is 18.3 Å². The number of hydrogen-bond acceptors (Lipinski definition) is 2. The maximum absolute atomic E-state index is 11.3. The average Bonchev–Trinajstić information content (AvgIpc) is 2.57. The van der Waals surface area contributed by atoms with E-state index >= 15 is 0 Å². The normalized spacial score (nSPS) is 10.9. The predicted octanol–water partition coefficient (Wildman–Crippen LogP) is 0.841. The highest BCUT2D eigenvalue weighted by Crippen LogP contribution is 2.22. The minimum atomic E-state index is -0.452. The second-order valence-electron chi connectivity index (χ2n) is 3.74. The molecule has 0 aliphatic rings. The van der Waals surface area contributed by atoms with E-state index in [0.29, 0.717) is 12.1 Å². The molecule has 0 saturated heterocycles. The summed E-state index contributed by atoms with van der Waals surface area (Å²) in [5, 5.41) is 9.75. The molecule has 1 amide bonds. The van der Waals surface area contributed by atoms with Crippen molar-refractivity contribution in [2.45, 2.75) is 13.5 Å². The van der Waals surface area contributed by atoms with Gasteiger partial charge in [0.15, 0.2) is 0 Å². The molecule has 1 radical (unpaired) electrons. The third kappa shape index (κ3) is 1.67. The highest BCUT2D eigenvalue weighted by atomic mass is 16.3.